The van der Waals surface area contributed by atoms with Crippen LogP contribution in [0.25, 0.3) is 0 Å². The first-order valence-corrected chi connectivity index (χ1v) is 6.24. The van der Waals surface area contributed by atoms with E-state index in [-0.39, 0.29) is 5.69 Å². The molecule has 21 heavy (non-hydrogen) atoms. The first kappa shape index (κ1) is 13.7. The molecule has 9 heteroatoms. The highest BCUT2D eigenvalue weighted by Gasteiger charge is 2.71. The number of nitrogens with one attached hydrogen (secondary N) is 1. The van der Waals surface area contributed by atoms with Gasteiger partial charge in [-0.1, -0.05) is 0 Å². The van der Waals surface area contributed by atoms with Gasteiger partial charge in [-0.3, -0.25) is 9.78 Å². The fourth-order valence-electron chi connectivity index (χ4n) is 3.02. The van der Waals surface area contributed by atoms with Crippen molar-refractivity contribution in [2.45, 2.75) is 36.8 Å². The lowest BCUT2D eigenvalue weighted by Gasteiger charge is -2.68. The molecule has 3 fully saturated rings. The summed E-state index contributed by atoms with van der Waals surface area (Å²) in [6.07, 6.45) is -0.177. The van der Waals surface area contributed by atoms with E-state index in [1.807, 2.05) is 0 Å². The van der Waals surface area contributed by atoms with Crippen molar-refractivity contribution in [2.24, 2.45) is 5.73 Å². The van der Waals surface area contributed by atoms with Crippen molar-refractivity contribution in [3.63, 3.8) is 0 Å². The van der Waals surface area contributed by atoms with Crippen LogP contribution in [0, 0.1) is 0 Å². The van der Waals surface area contributed by atoms with E-state index in [2.05, 4.69) is 15.3 Å². The molecule has 0 saturated heterocycles. The van der Waals surface area contributed by atoms with E-state index in [1.54, 1.807) is 0 Å². The number of ether oxygens (including phenoxy) is 1. The fraction of sp³-hybridized carbons (Fsp3) is 0.500. The Hall–Kier alpha value is -2.32. The van der Waals surface area contributed by atoms with Crippen LogP contribution in [0.3, 0.4) is 0 Å². The molecule has 7 nitrogen and oxygen atoms in total. The average Bonchev–Trinajstić information content (AvgIpc) is 2.34. The van der Waals surface area contributed by atoms with Crippen molar-refractivity contribution in [1.29, 1.82) is 0 Å². The lowest BCUT2D eigenvalue weighted by atomic mass is 9.46. The molecule has 4 rings (SSSR count). The molecule has 3 N–H and O–H groups in total. The summed E-state index contributed by atoms with van der Waals surface area (Å²) >= 11 is 0. The molecular weight excluding hydrogens is 286 g/mol. The van der Waals surface area contributed by atoms with Gasteiger partial charge in [0.15, 0.2) is 0 Å². The maximum atomic E-state index is 12.3. The van der Waals surface area contributed by atoms with Gasteiger partial charge in [0, 0.05) is 19.3 Å². The molecule has 112 valence electrons. The summed E-state index contributed by atoms with van der Waals surface area (Å²) in [6, 6.07) is 0. The van der Waals surface area contributed by atoms with Crippen LogP contribution in [0.15, 0.2) is 12.4 Å². The Bertz CT molecular complexity index is 585. The maximum Gasteiger partial charge on any atom is 0.405 e. The van der Waals surface area contributed by atoms with Gasteiger partial charge >= 0.3 is 6.09 Å². The molecule has 2 bridgehead atoms. The van der Waals surface area contributed by atoms with Gasteiger partial charge in [-0.25, -0.2) is 18.6 Å². The Kier molecular flexibility index (Phi) is 2.82. The van der Waals surface area contributed by atoms with E-state index in [1.165, 1.54) is 0 Å². The molecule has 2 amide bonds. The third-order valence-electron chi connectivity index (χ3n) is 3.81. The molecule has 1 aromatic heterocycles. The second-order valence-corrected chi connectivity index (χ2v) is 5.50. The predicted octanol–water partition coefficient (Wildman–Crippen LogP) is 0.914. The van der Waals surface area contributed by atoms with E-state index in [0.29, 0.717) is 19.3 Å². The molecular formula is C12H12F2N4O3. The Morgan fingerprint density at radius 2 is 1.95 bits per heavy atom. The number of nitrogens with two attached hydrogens (primary N) is 1. The lowest BCUT2D eigenvalue weighted by molar-refractivity contribution is -0.213. The summed E-state index contributed by atoms with van der Waals surface area (Å²) in [6.45, 7) is 0. The largest absolute Gasteiger partial charge is 0.443 e. The number of aromatic nitrogens is 2. The third kappa shape index (κ3) is 2.28. The van der Waals surface area contributed by atoms with Crippen LogP contribution >= 0.6 is 0 Å². The normalized spacial score (nSPS) is 29.3. The molecule has 1 heterocycles. The van der Waals surface area contributed by atoms with Crippen LogP contribution in [-0.2, 0) is 4.74 Å². The van der Waals surface area contributed by atoms with Gasteiger partial charge in [0.2, 0.25) is 0 Å². The van der Waals surface area contributed by atoms with Gasteiger partial charge in [0.1, 0.15) is 17.0 Å². The standard InChI is InChI=1S/C12H12F2N4O3/c13-8(14)6-1-17-7(2-16-6)9(19)18-11-3-12(4-11,5-11)21-10(15)20/h1-2,8H,3-5H2,(H2,15,20)(H,18,19). The molecule has 0 unspecified atom stereocenters. The third-order valence-corrected chi connectivity index (χ3v) is 3.81. The molecule has 0 aliphatic heterocycles. The van der Waals surface area contributed by atoms with E-state index in [0.717, 1.165) is 12.4 Å². The zero-order valence-corrected chi connectivity index (χ0v) is 10.8. The topological polar surface area (TPSA) is 107 Å². The zero-order chi connectivity index (χ0) is 15.3. The smallest absolute Gasteiger partial charge is 0.405 e. The molecule has 0 atom stereocenters. The first-order chi connectivity index (χ1) is 9.83. The Labute approximate surface area is 117 Å². The summed E-state index contributed by atoms with van der Waals surface area (Å²) in [4.78, 5) is 29.8. The summed E-state index contributed by atoms with van der Waals surface area (Å²) in [5.41, 5.74) is 3.47. The van der Waals surface area contributed by atoms with Gasteiger partial charge < -0.3 is 15.8 Å². The Balaban J connectivity index is 1.58. The van der Waals surface area contributed by atoms with Crippen molar-refractivity contribution in [3.8, 4) is 0 Å². The fourth-order valence-corrected chi connectivity index (χ4v) is 3.02. The molecule has 0 radical (unpaired) electrons. The molecule has 1 aromatic rings. The first-order valence-electron chi connectivity index (χ1n) is 6.24. The van der Waals surface area contributed by atoms with Gasteiger partial charge in [0.05, 0.1) is 17.9 Å². The van der Waals surface area contributed by atoms with Crippen molar-refractivity contribution in [1.82, 2.24) is 15.3 Å². The number of primary amides is 1. The van der Waals surface area contributed by atoms with E-state index < -0.39 is 35.3 Å². The molecule has 3 aliphatic carbocycles. The summed E-state index contributed by atoms with van der Waals surface area (Å²) in [7, 11) is 0. The predicted molar refractivity (Wildman–Crippen MR) is 64.4 cm³/mol. The Morgan fingerprint density at radius 3 is 2.43 bits per heavy atom. The average molecular weight is 298 g/mol. The highest BCUT2D eigenvalue weighted by molar-refractivity contribution is 5.93. The lowest BCUT2D eigenvalue weighted by Crippen LogP contribution is -2.80. The summed E-state index contributed by atoms with van der Waals surface area (Å²) in [5.74, 6) is -0.490. The summed E-state index contributed by atoms with van der Waals surface area (Å²) in [5, 5.41) is 2.76. The number of hydrogen-bond acceptors (Lipinski definition) is 5. The van der Waals surface area contributed by atoms with Crippen LogP contribution in [0.1, 0.15) is 41.9 Å². The minimum absolute atomic E-state index is 0.0333. The molecule has 3 saturated carbocycles. The van der Waals surface area contributed by atoms with Crippen LogP contribution in [0.4, 0.5) is 13.6 Å². The maximum absolute atomic E-state index is 12.3. The summed E-state index contributed by atoms with van der Waals surface area (Å²) < 4.78 is 29.6. The van der Waals surface area contributed by atoms with E-state index in [9.17, 15) is 18.4 Å². The van der Waals surface area contributed by atoms with Crippen LogP contribution in [0.2, 0.25) is 0 Å². The van der Waals surface area contributed by atoms with Crippen molar-refractivity contribution >= 4 is 12.0 Å². The van der Waals surface area contributed by atoms with E-state index in [4.69, 9.17) is 10.5 Å². The number of amides is 2. The van der Waals surface area contributed by atoms with Gasteiger partial charge in [-0.05, 0) is 0 Å². The van der Waals surface area contributed by atoms with Crippen LogP contribution in [-0.4, -0.2) is 33.1 Å². The quantitative estimate of drug-likeness (QED) is 0.859. The number of hydrogen-bond donors (Lipinski definition) is 2. The van der Waals surface area contributed by atoms with Gasteiger partial charge in [-0.2, -0.15) is 0 Å². The number of rotatable bonds is 4. The van der Waals surface area contributed by atoms with Crippen LogP contribution < -0.4 is 11.1 Å². The van der Waals surface area contributed by atoms with Crippen LogP contribution in [0.5, 0.6) is 0 Å². The monoisotopic (exact) mass is 298 g/mol. The van der Waals surface area contributed by atoms with Gasteiger partial charge in [0.25, 0.3) is 12.3 Å². The highest BCUT2D eigenvalue weighted by atomic mass is 19.3. The van der Waals surface area contributed by atoms with E-state index >= 15 is 0 Å². The minimum Gasteiger partial charge on any atom is -0.443 e. The highest BCUT2D eigenvalue weighted by Crippen LogP contribution is 2.62. The van der Waals surface area contributed by atoms with Gasteiger partial charge in [-0.15, -0.1) is 0 Å². The SMILES string of the molecule is NC(=O)OC12CC(NC(=O)c3cnc(C(F)F)cn3)(C1)C2. The number of nitrogens with zero attached hydrogens (tertiary/aromatic N) is 2. The minimum atomic E-state index is -2.72. The molecule has 0 spiro atoms. The number of alkyl halides is 2. The van der Waals surface area contributed by atoms with Crippen molar-refractivity contribution in [2.75, 3.05) is 0 Å². The Morgan fingerprint density at radius 1 is 1.29 bits per heavy atom. The van der Waals surface area contributed by atoms with Crippen molar-refractivity contribution in [3.05, 3.63) is 23.8 Å². The second-order valence-electron chi connectivity index (χ2n) is 5.50. The number of carbonyl (C=O) groups is 2. The molecule has 3 aliphatic rings. The zero-order valence-electron chi connectivity index (χ0n) is 10.8. The number of carbonyl (C=O) groups excluding carboxylic acids is 2. The second kappa shape index (κ2) is 4.34. The molecule has 0 aromatic carbocycles. The number of halogens is 2. The van der Waals surface area contributed by atoms with Crippen molar-refractivity contribution < 1.29 is 23.1 Å².